The number of aromatic nitrogens is 1. The number of nitrogens with zero attached hydrogens (tertiary/aromatic N) is 3. The van der Waals surface area contributed by atoms with Crippen LogP contribution in [-0.2, 0) is 15.4 Å². The summed E-state index contributed by atoms with van der Waals surface area (Å²) < 4.78 is 27.4. The van der Waals surface area contributed by atoms with Crippen LogP contribution in [0.1, 0.15) is 5.56 Å². The predicted octanol–water partition coefficient (Wildman–Crippen LogP) is 5.52. The highest BCUT2D eigenvalue weighted by Gasteiger charge is 2.29. The van der Waals surface area contributed by atoms with Crippen molar-refractivity contribution in [3.8, 4) is 11.3 Å². The molecule has 1 aliphatic heterocycles. The second kappa shape index (κ2) is 9.14. The summed E-state index contributed by atoms with van der Waals surface area (Å²) >= 11 is 17.2. The van der Waals surface area contributed by atoms with E-state index in [1.807, 2.05) is 23.6 Å². The van der Waals surface area contributed by atoms with Crippen molar-refractivity contribution < 1.29 is 8.42 Å². The predicted molar refractivity (Wildman–Crippen MR) is 128 cm³/mol. The number of sulfonamides is 1. The second-order valence-electron chi connectivity index (χ2n) is 6.81. The summed E-state index contributed by atoms with van der Waals surface area (Å²) in [6.45, 7) is 2.00. The fourth-order valence-corrected chi connectivity index (χ4v) is 6.43. The first kappa shape index (κ1) is 22.0. The van der Waals surface area contributed by atoms with E-state index >= 15 is 0 Å². The molecule has 158 valence electrons. The molecule has 0 bridgehead atoms. The van der Waals surface area contributed by atoms with Crippen LogP contribution in [0.3, 0.4) is 0 Å². The third kappa shape index (κ3) is 4.54. The smallest absolute Gasteiger partial charge is 0.243 e. The lowest BCUT2D eigenvalue weighted by Crippen LogP contribution is -2.48. The molecule has 0 aliphatic carbocycles. The zero-order valence-electron chi connectivity index (χ0n) is 15.8. The summed E-state index contributed by atoms with van der Waals surface area (Å²) in [5.41, 5.74) is 2.66. The molecule has 0 unspecified atom stereocenters. The Morgan fingerprint density at radius 1 is 1.03 bits per heavy atom. The molecule has 0 amide bonds. The second-order valence-corrected chi connectivity index (χ2v) is 11.0. The molecular formula is C20H18BrCl2N3O2S2. The van der Waals surface area contributed by atoms with Crippen molar-refractivity contribution in [2.24, 2.45) is 0 Å². The third-order valence-corrected chi connectivity index (χ3v) is 8.93. The van der Waals surface area contributed by atoms with Crippen LogP contribution < -0.4 is 4.90 Å². The molecule has 0 radical (unpaired) electrons. The first-order valence-electron chi connectivity index (χ1n) is 9.19. The maximum atomic E-state index is 12.9. The fraction of sp³-hybridized carbons (Fsp3) is 0.250. The van der Waals surface area contributed by atoms with Crippen LogP contribution in [0.5, 0.6) is 0 Å². The fourth-order valence-electron chi connectivity index (χ4n) is 3.25. The van der Waals surface area contributed by atoms with E-state index in [1.165, 1.54) is 15.6 Å². The minimum atomic E-state index is -3.50. The number of rotatable bonds is 5. The van der Waals surface area contributed by atoms with E-state index in [0.29, 0.717) is 46.4 Å². The average Bonchev–Trinajstić information content (AvgIpc) is 3.24. The number of halogens is 3. The van der Waals surface area contributed by atoms with Crippen LogP contribution >= 0.6 is 50.5 Å². The van der Waals surface area contributed by atoms with E-state index in [1.54, 1.807) is 24.3 Å². The van der Waals surface area contributed by atoms with Crippen molar-refractivity contribution >= 4 is 65.6 Å². The van der Waals surface area contributed by atoms with Gasteiger partial charge in [0, 0.05) is 47.5 Å². The van der Waals surface area contributed by atoms with Crippen LogP contribution in [-0.4, -0.2) is 43.9 Å². The number of hydrogen-bond acceptors (Lipinski definition) is 5. The summed E-state index contributed by atoms with van der Waals surface area (Å²) in [6, 6.07) is 12.3. The Morgan fingerprint density at radius 3 is 2.37 bits per heavy atom. The Hall–Kier alpha value is -1.16. The quantitative estimate of drug-likeness (QED) is 0.395. The molecule has 1 aromatic heterocycles. The van der Waals surface area contributed by atoms with Gasteiger partial charge in [0.15, 0.2) is 5.13 Å². The first-order chi connectivity index (χ1) is 14.4. The van der Waals surface area contributed by atoms with Crippen LogP contribution in [0.15, 0.2) is 52.7 Å². The maximum Gasteiger partial charge on any atom is 0.243 e. The van der Waals surface area contributed by atoms with Crippen LogP contribution in [0.4, 0.5) is 5.13 Å². The van der Waals surface area contributed by atoms with Gasteiger partial charge in [-0.15, -0.1) is 11.3 Å². The molecule has 0 N–H and O–H groups in total. The van der Waals surface area contributed by atoms with Crippen molar-refractivity contribution in [2.45, 2.75) is 10.2 Å². The summed E-state index contributed by atoms with van der Waals surface area (Å²) in [6.07, 6.45) is 0. The van der Waals surface area contributed by atoms with E-state index in [4.69, 9.17) is 28.2 Å². The highest BCUT2D eigenvalue weighted by atomic mass is 79.9. The largest absolute Gasteiger partial charge is 0.345 e. The summed E-state index contributed by atoms with van der Waals surface area (Å²) in [5.74, 6) is 0. The van der Waals surface area contributed by atoms with Gasteiger partial charge >= 0.3 is 0 Å². The van der Waals surface area contributed by atoms with Crippen LogP contribution in [0, 0.1) is 0 Å². The Labute approximate surface area is 198 Å². The topological polar surface area (TPSA) is 53.5 Å². The molecule has 0 saturated carbocycles. The van der Waals surface area contributed by atoms with Gasteiger partial charge in [-0.1, -0.05) is 51.3 Å². The van der Waals surface area contributed by atoms with Gasteiger partial charge in [-0.2, -0.15) is 4.31 Å². The molecule has 2 heterocycles. The minimum absolute atomic E-state index is 0.328. The Balaban J connectivity index is 1.45. The lowest BCUT2D eigenvalue weighted by molar-refractivity contribution is 0.385. The molecule has 30 heavy (non-hydrogen) atoms. The number of thiazole rings is 1. The van der Waals surface area contributed by atoms with Crippen molar-refractivity contribution in [1.29, 1.82) is 0 Å². The van der Waals surface area contributed by atoms with Crippen LogP contribution in [0.2, 0.25) is 10.0 Å². The Bertz CT molecular complexity index is 1150. The van der Waals surface area contributed by atoms with E-state index in [-0.39, 0.29) is 0 Å². The summed E-state index contributed by atoms with van der Waals surface area (Å²) in [7, 11) is -3.50. The molecule has 0 spiro atoms. The van der Waals surface area contributed by atoms with Gasteiger partial charge in [0.1, 0.15) is 0 Å². The van der Waals surface area contributed by atoms with E-state index in [0.717, 1.165) is 22.0 Å². The number of anilines is 1. The van der Waals surface area contributed by atoms with Crippen molar-refractivity contribution in [3.63, 3.8) is 0 Å². The van der Waals surface area contributed by atoms with Gasteiger partial charge in [-0.3, -0.25) is 0 Å². The Kier molecular flexibility index (Phi) is 6.72. The van der Waals surface area contributed by atoms with Gasteiger partial charge < -0.3 is 4.90 Å². The normalized spacial score (nSPS) is 15.5. The van der Waals surface area contributed by atoms with E-state index < -0.39 is 10.0 Å². The third-order valence-electron chi connectivity index (χ3n) is 4.92. The first-order valence-corrected chi connectivity index (χ1v) is 13.4. The SMILES string of the molecule is O=S(=O)(c1ccc(CBr)cc1)N1CCN(c2nc(-c3ccc(Cl)cc3Cl)cs2)CC1. The lowest BCUT2D eigenvalue weighted by atomic mass is 10.2. The van der Waals surface area contributed by atoms with Gasteiger partial charge in [0.05, 0.1) is 15.6 Å². The molecule has 1 saturated heterocycles. The Morgan fingerprint density at radius 2 is 1.73 bits per heavy atom. The molecule has 4 rings (SSSR count). The van der Waals surface area contributed by atoms with E-state index in [9.17, 15) is 8.42 Å². The molecular weight excluding hydrogens is 529 g/mol. The molecule has 3 aromatic rings. The highest BCUT2D eigenvalue weighted by Crippen LogP contribution is 2.34. The summed E-state index contributed by atoms with van der Waals surface area (Å²) in [5, 5.41) is 4.65. The molecule has 1 fully saturated rings. The zero-order valence-corrected chi connectivity index (χ0v) is 20.5. The van der Waals surface area contributed by atoms with Gasteiger partial charge in [0.25, 0.3) is 0 Å². The van der Waals surface area contributed by atoms with Gasteiger partial charge in [0.2, 0.25) is 10.0 Å². The molecule has 2 aromatic carbocycles. The number of benzene rings is 2. The van der Waals surface area contributed by atoms with E-state index in [2.05, 4.69) is 20.8 Å². The van der Waals surface area contributed by atoms with Gasteiger partial charge in [-0.25, -0.2) is 13.4 Å². The summed E-state index contributed by atoms with van der Waals surface area (Å²) in [4.78, 5) is 7.14. The standard InChI is InChI=1S/C20H18BrCl2N3O2S2/c21-12-14-1-4-16(5-2-14)30(27,28)26-9-7-25(8-10-26)20-24-19(13-29-20)17-6-3-15(22)11-18(17)23/h1-6,11,13H,7-10,12H2. The average molecular weight is 547 g/mol. The monoisotopic (exact) mass is 545 g/mol. The maximum absolute atomic E-state index is 12.9. The van der Waals surface area contributed by atoms with Gasteiger partial charge in [-0.05, 0) is 35.9 Å². The van der Waals surface area contributed by atoms with Crippen LogP contribution in [0.25, 0.3) is 11.3 Å². The molecule has 5 nitrogen and oxygen atoms in total. The number of piperazine rings is 1. The molecule has 10 heteroatoms. The van der Waals surface area contributed by atoms with Crippen molar-refractivity contribution in [3.05, 3.63) is 63.5 Å². The number of hydrogen-bond donors (Lipinski definition) is 0. The molecule has 1 aliphatic rings. The minimum Gasteiger partial charge on any atom is -0.345 e. The number of alkyl halides is 1. The van der Waals surface area contributed by atoms with Crippen molar-refractivity contribution in [2.75, 3.05) is 31.1 Å². The highest BCUT2D eigenvalue weighted by molar-refractivity contribution is 9.08. The lowest BCUT2D eigenvalue weighted by Gasteiger charge is -2.33. The zero-order chi connectivity index (χ0) is 21.3. The molecule has 0 atom stereocenters. The van der Waals surface area contributed by atoms with Crippen molar-refractivity contribution in [1.82, 2.24) is 9.29 Å².